The monoisotopic (exact) mass is 313 g/mol. The maximum atomic E-state index is 11.7. The molecular formula is C14H23N3O3S. The summed E-state index contributed by atoms with van der Waals surface area (Å²) >= 11 is 1.46. The van der Waals surface area contributed by atoms with Gasteiger partial charge in [-0.1, -0.05) is 0 Å². The Morgan fingerprint density at radius 3 is 3.00 bits per heavy atom. The molecule has 0 radical (unpaired) electrons. The third-order valence-electron chi connectivity index (χ3n) is 3.07. The molecule has 1 aromatic rings. The third kappa shape index (κ3) is 6.09. The standard InChI is InChI=1S/C14H23N3O3S/c1-11(2)20-6-3-13(18)16-14-15-12(10-21-14)9-17-4-7-19-8-5-17/h10-11H,3-9H2,1-2H3,(H,15,16,18). The summed E-state index contributed by atoms with van der Waals surface area (Å²) in [4.78, 5) is 18.5. The first-order chi connectivity index (χ1) is 10.1. The molecular weight excluding hydrogens is 290 g/mol. The largest absolute Gasteiger partial charge is 0.379 e. The lowest BCUT2D eigenvalue weighted by molar-refractivity contribution is -0.117. The van der Waals surface area contributed by atoms with Gasteiger partial charge in [-0.25, -0.2) is 4.98 Å². The van der Waals surface area contributed by atoms with E-state index >= 15 is 0 Å². The molecule has 7 heteroatoms. The second-order valence-electron chi connectivity index (χ2n) is 5.25. The van der Waals surface area contributed by atoms with E-state index in [0.717, 1.165) is 38.5 Å². The van der Waals surface area contributed by atoms with Gasteiger partial charge >= 0.3 is 0 Å². The molecule has 0 spiro atoms. The van der Waals surface area contributed by atoms with Crippen LogP contribution in [-0.2, 0) is 20.8 Å². The lowest BCUT2D eigenvalue weighted by atomic mass is 10.3. The summed E-state index contributed by atoms with van der Waals surface area (Å²) in [5, 5.41) is 5.47. The molecule has 0 aliphatic carbocycles. The number of nitrogens with zero attached hydrogens (tertiary/aromatic N) is 2. The zero-order chi connectivity index (χ0) is 15.1. The molecule has 1 aliphatic rings. The molecule has 118 valence electrons. The summed E-state index contributed by atoms with van der Waals surface area (Å²) in [7, 11) is 0. The second kappa shape index (κ2) is 8.43. The van der Waals surface area contributed by atoms with Crippen molar-refractivity contribution < 1.29 is 14.3 Å². The number of thiazole rings is 1. The van der Waals surface area contributed by atoms with Crippen LogP contribution in [0.25, 0.3) is 0 Å². The number of amides is 1. The van der Waals surface area contributed by atoms with Crippen LogP contribution in [0.2, 0.25) is 0 Å². The van der Waals surface area contributed by atoms with Gasteiger partial charge in [0, 0.05) is 25.0 Å². The number of hydrogen-bond donors (Lipinski definition) is 1. The van der Waals surface area contributed by atoms with Gasteiger partial charge in [-0.05, 0) is 13.8 Å². The quantitative estimate of drug-likeness (QED) is 0.830. The lowest BCUT2D eigenvalue weighted by Gasteiger charge is -2.25. The molecule has 6 nitrogen and oxygen atoms in total. The van der Waals surface area contributed by atoms with Crippen molar-refractivity contribution in [2.45, 2.75) is 32.9 Å². The van der Waals surface area contributed by atoms with Crippen LogP contribution in [0.1, 0.15) is 26.0 Å². The fourth-order valence-electron chi connectivity index (χ4n) is 1.99. The first-order valence-corrected chi connectivity index (χ1v) is 8.17. The molecule has 1 aromatic heterocycles. The number of nitrogens with one attached hydrogen (secondary N) is 1. The van der Waals surface area contributed by atoms with Crippen molar-refractivity contribution in [1.82, 2.24) is 9.88 Å². The van der Waals surface area contributed by atoms with E-state index in [1.165, 1.54) is 11.3 Å². The van der Waals surface area contributed by atoms with Gasteiger partial charge in [0.1, 0.15) is 0 Å². The number of hydrogen-bond acceptors (Lipinski definition) is 6. The molecule has 1 amide bonds. The van der Waals surface area contributed by atoms with E-state index in [1.807, 2.05) is 19.2 Å². The smallest absolute Gasteiger partial charge is 0.228 e. The normalized spacial score (nSPS) is 16.3. The molecule has 1 aliphatic heterocycles. The fourth-order valence-corrected chi connectivity index (χ4v) is 2.71. The van der Waals surface area contributed by atoms with E-state index in [0.29, 0.717) is 18.2 Å². The molecule has 0 aromatic carbocycles. The van der Waals surface area contributed by atoms with Gasteiger partial charge < -0.3 is 14.8 Å². The average Bonchev–Trinajstić information content (AvgIpc) is 2.86. The van der Waals surface area contributed by atoms with Crippen molar-refractivity contribution in [3.63, 3.8) is 0 Å². The number of rotatable bonds is 7. The van der Waals surface area contributed by atoms with Crippen molar-refractivity contribution in [1.29, 1.82) is 0 Å². The highest BCUT2D eigenvalue weighted by Gasteiger charge is 2.13. The molecule has 1 saturated heterocycles. The van der Waals surface area contributed by atoms with Gasteiger partial charge in [0.2, 0.25) is 5.91 Å². The first kappa shape index (κ1) is 16.4. The fraction of sp³-hybridized carbons (Fsp3) is 0.714. The van der Waals surface area contributed by atoms with Crippen molar-refractivity contribution in [2.24, 2.45) is 0 Å². The van der Waals surface area contributed by atoms with Gasteiger partial charge in [0.15, 0.2) is 5.13 Å². The van der Waals surface area contributed by atoms with Crippen molar-refractivity contribution in [3.05, 3.63) is 11.1 Å². The van der Waals surface area contributed by atoms with Crippen LogP contribution in [-0.4, -0.2) is 54.8 Å². The van der Waals surface area contributed by atoms with Crippen molar-refractivity contribution >= 4 is 22.4 Å². The highest BCUT2D eigenvalue weighted by molar-refractivity contribution is 7.13. The van der Waals surface area contributed by atoms with Crippen LogP contribution in [0, 0.1) is 0 Å². The number of carbonyl (C=O) groups is 1. The third-order valence-corrected chi connectivity index (χ3v) is 3.87. The summed E-state index contributed by atoms with van der Waals surface area (Å²) < 4.78 is 10.7. The zero-order valence-corrected chi connectivity index (χ0v) is 13.4. The maximum absolute atomic E-state index is 11.7. The number of carbonyl (C=O) groups excluding carboxylic acids is 1. The Morgan fingerprint density at radius 2 is 2.29 bits per heavy atom. The maximum Gasteiger partial charge on any atom is 0.228 e. The van der Waals surface area contributed by atoms with Crippen LogP contribution in [0.5, 0.6) is 0 Å². The minimum absolute atomic E-state index is 0.0528. The Bertz CT molecular complexity index is 444. The summed E-state index contributed by atoms with van der Waals surface area (Å²) in [5.74, 6) is -0.0528. The average molecular weight is 313 g/mol. The molecule has 0 saturated carbocycles. The second-order valence-corrected chi connectivity index (χ2v) is 6.11. The Kier molecular flexibility index (Phi) is 6.56. The van der Waals surface area contributed by atoms with Gasteiger partial charge in [-0.2, -0.15) is 0 Å². The van der Waals surface area contributed by atoms with Gasteiger partial charge in [-0.15, -0.1) is 11.3 Å². The van der Waals surface area contributed by atoms with E-state index in [9.17, 15) is 4.79 Å². The van der Waals surface area contributed by atoms with Gasteiger partial charge in [-0.3, -0.25) is 9.69 Å². The summed E-state index contributed by atoms with van der Waals surface area (Å²) in [6.07, 6.45) is 0.508. The highest BCUT2D eigenvalue weighted by Crippen LogP contribution is 2.17. The Hall–Kier alpha value is -1.02. The van der Waals surface area contributed by atoms with Crippen molar-refractivity contribution in [3.8, 4) is 0 Å². The molecule has 1 fully saturated rings. The van der Waals surface area contributed by atoms with Crippen LogP contribution >= 0.6 is 11.3 Å². The number of ether oxygens (including phenoxy) is 2. The molecule has 1 N–H and O–H groups in total. The summed E-state index contributed by atoms with van der Waals surface area (Å²) in [5.41, 5.74) is 0.996. The Balaban J connectivity index is 1.73. The zero-order valence-electron chi connectivity index (χ0n) is 12.6. The van der Waals surface area contributed by atoms with E-state index in [1.54, 1.807) is 0 Å². The minimum Gasteiger partial charge on any atom is -0.379 e. The van der Waals surface area contributed by atoms with E-state index in [2.05, 4.69) is 15.2 Å². The SMILES string of the molecule is CC(C)OCCC(=O)Nc1nc(CN2CCOCC2)cs1. The Labute approximate surface area is 129 Å². The molecule has 21 heavy (non-hydrogen) atoms. The van der Waals surface area contributed by atoms with Crippen LogP contribution in [0.4, 0.5) is 5.13 Å². The number of morpholine rings is 1. The predicted octanol–water partition coefficient (Wildman–Crippen LogP) is 1.73. The van der Waals surface area contributed by atoms with Gasteiger partial charge in [0.25, 0.3) is 0 Å². The predicted molar refractivity (Wildman–Crippen MR) is 82.5 cm³/mol. The van der Waals surface area contributed by atoms with Gasteiger partial charge in [0.05, 0.1) is 38.0 Å². The molecule has 0 bridgehead atoms. The molecule has 2 rings (SSSR count). The topological polar surface area (TPSA) is 63.7 Å². The van der Waals surface area contributed by atoms with E-state index in [-0.39, 0.29) is 12.0 Å². The van der Waals surface area contributed by atoms with Crippen molar-refractivity contribution in [2.75, 3.05) is 38.2 Å². The first-order valence-electron chi connectivity index (χ1n) is 7.29. The van der Waals surface area contributed by atoms with Crippen LogP contribution in [0.15, 0.2) is 5.38 Å². The van der Waals surface area contributed by atoms with Crippen LogP contribution < -0.4 is 5.32 Å². The Morgan fingerprint density at radius 1 is 1.52 bits per heavy atom. The number of anilines is 1. The lowest BCUT2D eigenvalue weighted by Crippen LogP contribution is -2.35. The van der Waals surface area contributed by atoms with Crippen LogP contribution in [0.3, 0.4) is 0 Å². The number of aromatic nitrogens is 1. The highest BCUT2D eigenvalue weighted by atomic mass is 32.1. The summed E-state index contributed by atoms with van der Waals surface area (Å²) in [6.45, 7) is 8.60. The molecule has 0 unspecified atom stereocenters. The van der Waals surface area contributed by atoms with E-state index in [4.69, 9.17) is 9.47 Å². The molecule has 2 heterocycles. The summed E-state index contributed by atoms with van der Waals surface area (Å²) in [6, 6.07) is 0. The molecule has 0 atom stereocenters. The minimum atomic E-state index is -0.0528. The van der Waals surface area contributed by atoms with E-state index < -0.39 is 0 Å².